The summed E-state index contributed by atoms with van der Waals surface area (Å²) in [6.45, 7) is 5.67. The van der Waals surface area contributed by atoms with E-state index in [0.717, 1.165) is 25.2 Å². The molecule has 8 heteroatoms. The molecule has 1 aliphatic rings. The summed E-state index contributed by atoms with van der Waals surface area (Å²) in [4.78, 5) is 39.4. The highest BCUT2D eigenvalue weighted by Gasteiger charge is 2.39. The number of nitrogens with one attached hydrogen (secondary N) is 1. The molecule has 4 rings (SSSR count). The highest BCUT2D eigenvalue weighted by Crippen LogP contribution is 2.32. The molecule has 6 nitrogen and oxygen atoms in total. The number of ether oxygens (including phenoxy) is 1. The number of aryl methyl sites for hydroxylation is 2. The first-order valence-electron chi connectivity index (χ1n) is 10.4. The number of imide groups is 1. The van der Waals surface area contributed by atoms with E-state index in [0.29, 0.717) is 22.7 Å². The van der Waals surface area contributed by atoms with E-state index in [2.05, 4.69) is 27.9 Å². The molecule has 0 bridgehead atoms. The first kappa shape index (κ1) is 24.0. The van der Waals surface area contributed by atoms with Crippen molar-refractivity contribution in [2.75, 3.05) is 10.2 Å². The van der Waals surface area contributed by atoms with Gasteiger partial charge in [-0.1, -0.05) is 23.7 Å². The highest BCUT2D eigenvalue weighted by molar-refractivity contribution is 14.1. The molecule has 0 fully saturated rings. The Morgan fingerprint density at radius 3 is 2.32 bits per heavy atom. The second-order valence-electron chi connectivity index (χ2n) is 7.86. The second kappa shape index (κ2) is 9.60. The van der Waals surface area contributed by atoms with Gasteiger partial charge in [-0.05, 0) is 109 Å². The first-order chi connectivity index (χ1) is 16.2. The van der Waals surface area contributed by atoms with Crippen LogP contribution >= 0.6 is 34.2 Å². The van der Waals surface area contributed by atoms with Crippen molar-refractivity contribution in [1.29, 1.82) is 0 Å². The Morgan fingerprint density at radius 1 is 0.941 bits per heavy atom. The average Bonchev–Trinajstić information content (AvgIpc) is 3.01. The minimum Gasteiger partial charge on any atom is -0.423 e. The summed E-state index contributed by atoms with van der Waals surface area (Å²) in [5.41, 5.74) is 4.01. The van der Waals surface area contributed by atoms with E-state index in [1.807, 2.05) is 45.0 Å². The highest BCUT2D eigenvalue weighted by atomic mass is 127. The van der Waals surface area contributed by atoms with E-state index < -0.39 is 17.8 Å². The summed E-state index contributed by atoms with van der Waals surface area (Å²) < 4.78 is 6.51. The van der Waals surface area contributed by atoms with E-state index in [1.54, 1.807) is 36.4 Å². The number of esters is 1. The van der Waals surface area contributed by atoms with Gasteiger partial charge < -0.3 is 10.1 Å². The van der Waals surface area contributed by atoms with Crippen LogP contribution in [0.25, 0.3) is 0 Å². The normalized spacial score (nSPS) is 13.5. The lowest BCUT2D eigenvalue weighted by Crippen LogP contribution is -2.32. The van der Waals surface area contributed by atoms with Gasteiger partial charge in [0.15, 0.2) is 0 Å². The Bertz CT molecular complexity index is 1370. The summed E-state index contributed by atoms with van der Waals surface area (Å²) in [6, 6.07) is 17.3. The van der Waals surface area contributed by atoms with E-state index >= 15 is 0 Å². The first-order valence-corrected chi connectivity index (χ1v) is 11.8. The minimum atomic E-state index is -0.591. The molecule has 0 unspecified atom stereocenters. The van der Waals surface area contributed by atoms with Gasteiger partial charge in [-0.2, -0.15) is 0 Å². The maximum atomic E-state index is 13.0. The number of carbonyl (C=O) groups is 3. The smallest absolute Gasteiger partial charge is 0.343 e. The number of rotatable bonds is 5. The number of amides is 2. The minimum absolute atomic E-state index is 0.0182. The fourth-order valence-electron chi connectivity index (χ4n) is 3.53. The number of anilines is 2. The lowest BCUT2D eigenvalue weighted by molar-refractivity contribution is -0.120. The molecule has 0 aromatic heterocycles. The van der Waals surface area contributed by atoms with Crippen molar-refractivity contribution in [3.63, 3.8) is 0 Å². The largest absolute Gasteiger partial charge is 0.423 e. The maximum Gasteiger partial charge on any atom is 0.343 e. The lowest BCUT2D eigenvalue weighted by Gasteiger charge is -2.17. The van der Waals surface area contributed by atoms with Gasteiger partial charge in [-0.3, -0.25) is 9.59 Å². The Hall–Kier alpha value is -3.17. The molecule has 0 radical (unpaired) electrons. The zero-order valence-electron chi connectivity index (χ0n) is 18.6. The Kier molecular flexibility index (Phi) is 6.77. The van der Waals surface area contributed by atoms with Gasteiger partial charge in [0.25, 0.3) is 11.8 Å². The third kappa shape index (κ3) is 4.58. The summed E-state index contributed by atoms with van der Waals surface area (Å²) in [6.07, 6.45) is 0. The third-order valence-electron chi connectivity index (χ3n) is 5.57. The van der Waals surface area contributed by atoms with Gasteiger partial charge >= 0.3 is 5.97 Å². The number of hydrogen-bond donors (Lipinski definition) is 1. The molecule has 1 N–H and O–H groups in total. The molecule has 2 amide bonds. The molecule has 172 valence electrons. The van der Waals surface area contributed by atoms with Gasteiger partial charge in [0.1, 0.15) is 16.5 Å². The molecule has 0 spiro atoms. The Labute approximate surface area is 215 Å². The van der Waals surface area contributed by atoms with Crippen LogP contribution in [0, 0.1) is 24.3 Å². The molecule has 1 heterocycles. The number of benzene rings is 3. The van der Waals surface area contributed by atoms with Gasteiger partial charge in [0.05, 0.1) is 11.3 Å². The molecule has 0 aliphatic carbocycles. The van der Waals surface area contributed by atoms with Gasteiger partial charge in [-0.15, -0.1) is 0 Å². The van der Waals surface area contributed by atoms with Crippen LogP contribution in [-0.2, 0) is 9.59 Å². The molecule has 0 atom stereocenters. The molecule has 0 saturated heterocycles. The predicted molar refractivity (Wildman–Crippen MR) is 140 cm³/mol. The van der Waals surface area contributed by atoms with Crippen LogP contribution in [0.5, 0.6) is 5.75 Å². The van der Waals surface area contributed by atoms with Crippen molar-refractivity contribution in [2.45, 2.75) is 20.8 Å². The van der Waals surface area contributed by atoms with Crippen molar-refractivity contribution in [2.24, 2.45) is 0 Å². The third-order valence-corrected chi connectivity index (χ3v) is 6.60. The van der Waals surface area contributed by atoms with E-state index in [9.17, 15) is 14.4 Å². The predicted octanol–water partition coefficient (Wildman–Crippen LogP) is 5.87. The van der Waals surface area contributed by atoms with Crippen LogP contribution in [0.1, 0.15) is 27.0 Å². The topological polar surface area (TPSA) is 75.7 Å². The molecular weight excluding hydrogens is 567 g/mol. The van der Waals surface area contributed by atoms with Gasteiger partial charge in [-0.25, -0.2) is 9.69 Å². The fourth-order valence-corrected chi connectivity index (χ4v) is 4.39. The summed E-state index contributed by atoms with van der Waals surface area (Å²) >= 11 is 8.40. The summed E-state index contributed by atoms with van der Waals surface area (Å²) in [7, 11) is 0. The Balaban J connectivity index is 1.50. The van der Waals surface area contributed by atoms with Gasteiger partial charge in [0.2, 0.25) is 0 Å². The lowest BCUT2D eigenvalue weighted by atomic mass is 10.1. The van der Waals surface area contributed by atoms with E-state index in [4.69, 9.17) is 16.3 Å². The SMILES string of the molecule is Cc1cc(I)ccc1N1C(=O)C(Cl)=C(Nc2ccc(C(=O)Oc3cccc(C)c3C)cc2)C1=O. The zero-order chi connectivity index (χ0) is 24.6. The van der Waals surface area contributed by atoms with Crippen molar-refractivity contribution in [3.8, 4) is 5.75 Å². The van der Waals surface area contributed by atoms with Crippen molar-refractivity contribution < 1.29 is 19.1 Å². The van der Waals surface area contributed by atoms with Crippen LogP contribution in [0.3, 0.4) is 0 Å². The van der Waals surface area contributed by atoms with E-state index in [-0.39, 0.29) is 10.7 Å². The molecule has 3 aromatic rings. The fraction of sp³-hybridized carbons (Fsp3) is 0.115. The maximum absolute atomic E-state index is 13.0. The average molecular weight is 587 g/mol. The van der Waals surface area contributed by atoms with E-state index in [1.165, 1.54) is 0 Å². The number of hydrogen-bond acceptors (Lipinski definition) is 5. The number of halogens is 2. The monoisotopic (exact) mass is 586 g/mol. The molecule has 3 aromatic carbocycles. The van der Waals surface area contributed by atoms with Crippen LogP contribution < -0.4 is 15.0 Å². The van der Waals surface area contributed by atoms with Crippen LogP contribution in [-0.4, -0.2) is 17.8 Å². The molecule has 34 heavy (non-hydrogen) atoms. The standard InChI is InChI=1S/C26H20ClIN2O4/c1-14-5-4-6-21(16(14)3)34-26(33)17-7-10-19(11-8-17)29-23-22(27)24(31)30(25(23)32)20-12-9-18(28)13-15(20)2/h4-13,29H,1-3H3. The van der Waals surface area contributed by atoms with Crippen LogP contribution in [0.4, 0.5) is 11.4 Å². The zero-order valence-corrected chi connectivity index (χ0v) is 21.5. The number of nitrogens with zero attached hydrogens (tertiary/aromatic N) is 1. The van der Waals surface area contributed by atoms with Crippen LogP contribution in [0.15, 0.2) is 71.4 Å². The number of carbonyl (C=O) groups excluding carboxylic acids is 3. The summed E-state index contributed by atoms with van der Waals surface area (Å²) in [5.74, 6) is -1.12. The van der Waals surface area contributed by atoms with Crippen LogP contribution in [0.2, 0.25) is 0 Å². The van der Waals surface area contributed by atoms with Crippen molar-refractivity contribution >= 4 is 63.4 Å². The Morgan fingerprint density at radius 2 is 1.65 bits per heavy atom. The van der Waals surface area contributed by atoms with Crippen molar-refractivity contribution in [1.82, 2.24) is 0 Å². The molecular formula is C26H20ClIN2O4. The molecule has 1 aliphatic heterocycles. The van der Waals surface area contributed by atoms with Crippen molar-refractivity contribution in [3.05, 3.63) is 97.2 Å². The summed E-state index contributed by atoms with van der Waals surface area (Å²) in [5, 5.41) is 2.72. The quantitative estimate of drug-likeness (QED) is 0.175. The molecule has 0 saturated carbocycles. The van der Waals surface area contributed by atoms with Gasteiger partial charge in [0, 0.05) is 9.26 Å². The second-order valence-corrected chi connectivity index (χ2v) is 9.48.